The number of aromatic nitrogens is 1. The first-order valence-electron chi connectivity index (χ1n) is 4.19. The van der Waals surface area contributed by atoms with E-state index >= 15 is 0 Å². The Kier molecular flexibility index (Phi) is 2.21. The minimum absolute atomic E-state index is 0.191. The van der Waals surface area contributed by atoms with Crippen LogP contribution in [0.1, 0.15) is 5.69 Å². The summed E-state index contributed by atoms with van der Waals surface area (Å²) in [5.74, 6) is -0.359. The van der Waals surface area contributed by atoms with Gasteiger partial charge in [0.15, 0.2) is 0 Å². The summed E-state index contributed by atoms with van der Waals surface area (Å²) in [6.45, 7) is -0.191. The molecule has 74 valence electrons. The van der Waals surface area contributed by atoms with Gasteiger partial charge in [0.05, 0.1) is 28.2 Å². The number of rotatable bonds is 1. The van der Waals surface area contributed by atoms with Crippen molar-refractivity contribution in [1.82, 2.24) is 4.57 Å². The molecule has 1 aromatic heterocycles. The SMILES string of the molecule is Cn1c(CO)c(Cl)c2c(F)cccc21. The summed E-state index contributed by atoms with van der Waals surface area (Å²) in [5.41, 5.74) is 1.23. The average molecular weight is 214 g/mol. The van der Waals surface area contributed by atoms with Crippen LogP contribution in [-0.4, -0.2) is 9.67 Å². The van der Waals surface area contributed by atoms with E-state index in [0.29, 0.717) is 21.6 Å². The summed E-state index contributed by atoms with van der Waals surface area (Å²) in [6, 6.07) is 4.74. The first-order chi connectivity index (χ1) is 6.66. The molecule has 0 saturated heterocycles. The lowest BCUT2D eigenvalue weighted by atomic mass is 10.2. The molecular formula is C10H9ClFNO. The zero-order valence-corrected chi connectivity index (χ0v) is 8.35. The first-order valence-corrected chi connectivity index (χ1v) is 4.56. The highest BCUT2D eigenvalue weighted by molar-refractivity contribution is 6.36. The molecule has 14 heavy (non-hydrogen) atoms. The van der Waals surface area contributed by atoms with Crippen molar-refractivity contribution in [2.45, 2.75) is 6.61 Å². The van der Waals surface area contributed by atoms with Gasteiger partial charge < -0.3 is 9.67 Å². The maximum absolute atomic E-state index is 13.4. The fraction of sp³-hybridized carbons (Fsp3) is 0.200. The van der Waals surface area contributed by atoms with Crippen molar-refractivity contribution in [3.8, 4) is 0 Å². The van der Waals surface area contributed by atoms with E-state index in [2.05, 4.69) is 0 Å². The van der Waals surface area contributed by atoms with Crippen LogP contribution >= 0.6 is 11.6 Å². The lowest BCUT2D eigenvalue weighted by Gasteiger charge is -1.99. The minimum atomic E-state index is -0.359. The molecule has 0 bridgehead atoms. The number of aryl methyl sites for hydroxylation is 1. The molecule has 0 aliphatic heterocycles. The number of aliphatic hydroxyl groups excluding tert-OH is 1. The van der Waals surface area contributed by atoms with Crippen LogP contribution in [0, 0.1) is 5.82 Å². The second-order valence-corrected chi connectivity index (χ2v) is 3.49. The monoisotopic (exact) mass is 213 g/mol. The Hall–Kier alpha value is -1.06. The lowest BCUT2D eigenvalue weighted by molar-refractivity contribution is 0.273. The molecule has 1 N–H and O–H groups in total. The predicted octanol–water partition coefficient (Wildman–Crippen LogP) is 2.46. The average Bonchev–Trinajstić information content (AvgIpc) is 2.41. The smallest absolute Gasteiger partial charge is 0.134 e. The van der Waals surface area contributed by atoms with Crippen LogP contribution in [0.3, 0.4) is 0 Å². The maximum atomic E-state index is 13.4. The van der Waals surface area contributed by atoms with Crippen molar-refractivity contribution in [2.24, 2.45) is 7.05 Å². The molecule has 0 unspecified atom stereocenters. The largest absolute Gasteiger partial charge is 0.390 e. The maximum Gasteiger partial charge on any atom is 0.134 e. The van der Waals surface area contributed by atoms with Crippen LogP contribution in [0.5, 0.6) is 0 Å². The third-order valence-electron chi connectivity index (χ3n) is 2.38. The van der Waals surface area contributed by atoms with Gasteiger partial charge in [-0.05, 0) is 12.1 Å². The summed E-state index contributed by atoms with van der Waals surface area (Å²) < 4.78 is 15.1. The van der Waals surface area contributed by atoms with Crippen LogP contribution < -0.4 is 0 Å². The van der Waals surface area contributed by atoms with E-state index in [1.165, 1.54) is 6.07 Å². The molecule has 0 saturated carbocycles. The molecular weight excluding hydrogens is 205 g/mol. The quantitative estimate of drug-likeness (QED) is 0.774. The summed E-state index contributed by atoms with van der Waals surface area (Å²) in [7, 11) is 1.75. The van der Waals surface area contributed by atoms with Gasteiger partial charge in [0.1, 0.15) is 5.82 Å². The Balaban J connectivity index is 2.94. The summed E-state index contributed by atoms with van der Waals surface area (Å²) in [6.07, 6.45) is 0. The van der Waals surface area contributed by atoms with E-state index in [-0.39, 0.29) is 12.4 Å². The lowest BCUT2D eigenvalue weighted by Crippen LogP contribution is -1.95. The molecule has 0 spiro atoms. The Morgan fingerprint density at radius 3 is 2.79 bits per heavy atom. The molecule has 0 fully saturated rings. The van der Waals surface area contributed by atoms with E-state index in [0.717, 1.165) is 0 Å². The zero-order valence-electron chi connectivity index (χ0n) is 7.59. The van der Waals surface area contributed by atoms with Gasteiger partial charge in [0.2, 0.25) is 0 Å². The topological polar surface area (TPSA) is 25.2 Å². The highest BCUT2D eigenvalue weighted by Crippen LogP contribution is 2.31. The van der Waals surface area contributed by atoms with Gasteiger partial charge in [-0.2, -0.15) is 0 Å². The Morgan fingerprint density at radius 2 is 2.21 bits per heavy atom. The van der Waals surface area contributed by atoms with Crippen molar-refractivity contribution in [3.63, 3.8) is 0 Å². The first kappa shape index (κ1) is 9.49. The van der Waals surface area contributed by atoms with Crippen LogP contribution in [0.4, 0.5) is 4.39 Å². The van der Waals surface area contributed by atoms with E-state index in [4.69, 9.17) is 16.7 Å². The number of nitrogens with zero attached hydrogens (tertiary/aromatic N) is 1. The number of hydrogen-bond donors (Lipinski definition) is 1. The Bertz CT molecular complexity index is 492. The molecule has 0 atom stereocenters. The predicted molar refractivity (Wildman–Crippen MR) is 53.8 cm³/mol. The Labute approximate surface area is 85.5 Å². The highest BCUT2D eigenvalue weighted by Gasteiger charge is 2.15. The van der Waals surface area contributed by atoms with Gasteiger partial charge in [-0.3, -0.25) is 0 Å². The molecule has 1 aromatic carbocycles. The third-order valence-corrected chi connectivity index (χ3v) is 2.79. The van der Waals surface area contributed by atoms with Gasteiger partial charge in [0.25, 0.3) is 0 Å². The van der Waals surface area contributed by atoms with Gasteiger partial charge in [-0.15, -0.1) is 0 Å². The fourth-order valence-electron chi connectivity index (χ4n) is 1.62. The fourth-order valence-corrected chi connectivity index (χ4v) is 2.00. The number of halogens is 2. The molecule has 0 aliphatic rings. The molecule has 0 amide bonds. The summed E-state index contributed by atoms with van der Waals surface area (Å²) in [5, 5.41) is 9.73. The third kappa shape index (κ3) is 1.13. The Morgan fingerprint density at radius 1 is 1.50 bits per heavy atom. The van der Waals surface area contributed by atoms with Crippen molar-refractivity contribution < 1.29 is 9.50 Å². The van der Waals surface area contributed by atoms with Crippen LogP contribution in [-0.2, 0) is 13.7 Å². The molecule has 0 radical (unpaired) electrons. The molecule has 4 heteroatoms. The van der Waals surface area contributed by atoms with E-state index < -0.39 is 0 Å². The highest BCUT2D eigenvalue weighted by atomic mass is 35.5. The van der Waals surface area contributed by atoms with Crippen LogP contribution in [0.25, 0.3) is 10.9 Å². The normalized spacial score (nSPS) is 11.1. The van der Waals surface area contributed by atoms with Crippen molar-refractivity contribution in [1.29, 1.82) is 0 Å². The molecule has 2 rings (SSSR count). The number of fused-ring (bicyclic) bond motifs is 1. The summed E-state index contributed by atoms with van der Waals surface area (Å²) in [4.78, 5) is 0. The standard InChI is InChI=1S/C10H9ClFNO/c1-13-7-4-2-3-6(12)9(7)10(11)8(13)5-14/h2-4,14H,5H2,1H3. The zero-order chi connectivity index (χ0) is 10.3. The van der Waals surface area contributed by atoms with Crippen molar-refractivity contribution in [2.75, 3.05) is 0 Å². The number of benzene rings is 1. The van der Waals surface area contributed by atoms with Gasteiger partial charge >= 0.3 is 0 Å². The van der Waals surface area contributed by atoms with E-state index in [9.17, 15) is 4.39 Å². The van der Waals surface area contributed by atoms with Gasteiger partial charge in [-0.25, -0.2) is 4.39 Å². The summed E-state index contributed by atoms with van der Waals surface area (Å²) >= 11 is 5.95. The van der Waals surface area contributed by atoms with Gasteiger partial charge in [0, 0.05) is 7.05 Å². The number of hydrogen-bond acceptors (Lipinski definition) is 1. The molecule has 2 aromatic rings. The molecule has 1 heterocycles. The minimum Gasteiger partial charge on any atom is -0.390 e. The molecule has 0 aliphatic carbocycles. The van der Waals surface area contributed by atoms with Crippen molar-refractivity contribution >= 4 is 22.5 Å². The van der Waals surface area contributed by atoms with Gasteiger partial charge in [-0.1, -0.05) is 17.7 Å². The van der Waals surface area contributed by atoms with Crippen molar-refractivity contribution in [3.05, 3.63) is 34.7 Å². The van der Waals surface area contributed by atoms with Crippen LogP contribution in [0.15, 0.2) is 18.2 Å². The number of aliphatic hydroxyl groups is 1. The second-order valence-electron chi connectivity index (χ2n) is 3.11. The second kappa shape index (κ2) is 3.26. The van der Waals surface area contributed by atoms with Crippen LogP contribution in [0.2, 0.25) is 5.02 Å². The molecule has 2 nitrogen and oxygen atoms in total. The van der Waals surface area contributed by atoms with E-state index in [1.807, 2.05) is 0 Å². The van der Waals surface area contributed by atoms with E-state index in [1.54, 1.807) is 23.7 Å².